The maximum Gasteiger partial charge on any atom is 0.146 e. The van der Waals surface area contributed by atoms with Crippen molar-refractivity contribution in [3.05, 3.63) is 41.7 Å². The SMILES string of the molecule is CCn1ncnc1CNc1cc(C)cc(F)c1. The van der Waals surface area contributed by atoms with E-state index in [1.54, 1.807) is 4.68 Å². The van der Waals surface area contributed by atoms with Crippen LogP contribution in [0.1, 0.15) is 18.3 Å². The Hall–Kier alpha value is -1.91. The number of benzene rings is 1. The minimum absolute atomic E-state index is 0.232. The Kier molecular flexibility index (Phi) is 3.37. The van der Waals surface area contributed by atoms with Gasteiger partial charge in [0, 0.05) is 12.2 Å². The fourth-order valence-corrected chi connectivity index (χ4v) is 1.71. The molecule has 0 aliphatic carbocycles. The summed E-state index contributed by atoms with van der Waals surface area (Å²) in [7, 11) is 0. The standard InChI is InChI=1S/C12H15FN4/c1-3-17-12(15-8-16-17)7-14-11-5-9(2)4-10(13)6-11/h4-6,8,14H,3,7H2,1-2H3. The van der Waals surface area contributed by atoms with Crippen LogP contribution in [0.15, 0.2) is 24.5 Å². The van der Waals surface area contributed by atoms with Crippen molar-refractivity contribution in [1.82, 2.24) is 14.8 Å². The van der Waals surface area contributed by atoms with E-state index < -0.39 is 0 Å². The first-order valence-corrected chi connectivity index (χ1v) is 5.57. The van der Waals surface area contributed by atoms with Crippen LogP contribution >= 0.6 is 0 Å². The van der Waals surface area contributed by atoms with Crippen LogP contribution in [0, 0.1) is 12.7 Å². The molecule has 1 aromatic carbocycles. The van der Waals surface area contributed by atoms with Gasteiger partial charge in [-0.15, -0.1) is 0 Å². The van der Waals surface area contributed by atoms with Gasteiger partial charge in [0.15, 0.2) is 0 Å². The Bertz CT molecular complexity index is 487. The van der Waals surface area contributed by atoms with Crippen molar-refractivity contribution < 1.29 is 4.39 Å². The van der Waals surface area contributed by atoms with Crippen LogP contribution in [0.2, 0.25) is 0 Å². The molecule has 0 fully saturated rings. The van der Waals surface area contributed by atoms with E-state index in [1.807, 2.05) is 19.9 Å². The predicted molar refractivity (Wildman–Crippen MR) is 64.2 cm³/mol. The maximum absolute atomic E-state index is 13.2. The highest BCUT2D eigenvalue weighted by Crippen LogP contribution is 2.13. The van der Waals surface area contributed by atoms with Crippen molar-refractivity contribution in [3.63, 3.8) is 0 Å². The van der Waals surface area contributed by atoms with Crippen LogP contribution in [-0.2, 0) is 13.1 Å². The van der Waals surface area contributed by atoms with E-state index in [4.69, 9.17) is 0 Å². The number of hydrogen-bond donors (Lipinski definition) is 1. The van der Waals surface area contributed by atoms with Gasteiger partial charge in [0.2, 0.25) is 0 Å². The number of hydrogen-bond acceptors (Lipinski definition) is 3. The van der Waals surface area contributed by atoms with Crippen LogP contribution in [0.3, 0.4) is 0 Å². The molecule has 0 spiro atoms. The van der Waals surface area contributed by atoms with Crippen LogP contribution in [0.4, 0.5) is 10.1 Å². The number of nitrogens with zero attached hydrogens (tertiary/aromatic N) is 3. The molecule has 2 aromatic rings. The summed E-state index contributed by atoms with van der Waals surface area (Å²) >= 11 is 0. The lowest BCUT2D eigenvalue weighted by molar-refractivity contribution is 0.619. The van der Waals surface area contributed by atoms with Gasteiger partial charge in [0.1, 0.15) is 18.0 Å². The molecule has 17 heavy (non-hydrogen) atoms. The summed E-state index contributed by atoms with van der Waals surface area (Å²) in [5, 5.41) is 7.21. The van der Waals surface area contributed by atoms with Gasteiger partial charge in [-0.1, -0.05) is 0 Å². The average Bonchev–Trinajstić information content (AvgIpc) is 2.72. The molecule has 1 aromatic heterocycles. The molecule has 0 unspecified atom stereocenters. The lowest BCUT2D eigenvalue weighted by atomic mass is 10.2. The fraction of sp³-hybridized carbons (Fsp3) is 0.333. The molecule has 0 radical (unpaired) electrons. The molecule has 0 aliphatic rings. The molecule has 1 heterocycles. The summed E-state index contributed by atoms with van der Waals surface area (Å²) in [4.78, 5) is 4.14. The molecule has 2 rings (SSSR count). The highest BCUT2D eigenvalue weighted by Gasteiger charge is 2.03. The Morgan fingerprint density at radius 1 is 1.35 bits per heavy atom. The minimum atomic E-state index is -0.232. The Morgan fingerprint density at radius 3 is 2.88 bits per heavy atom. The Morgan fingerprint density at radius 2 is 2.18 bits per heavy atom. The van der Waals surface area contributed by atoms with Gasteiger partial charge in [0.05, 0.1) is 6.54 Å². The van der Waals surface area contributed by atoms with E-state index in [-0.39, 0.29) is 5.82 Å². The van der Waals surface area contributed by atoms with Gasteiger partial charge < -0.3 is 5.32 Å². The van der Waals surface area contributed by atoms with Gasteiger partial charge in [0.25, 0.3) is 0 Å². The van der Waals surface area contributed by atoms with Crippen molar-refractivity contribution in [2.45, 2.75) is 26.9 Å². The second-order valence-corrected chi connectivity index (χ2v) is 3.86. The molecule has 0 aliphatic heterocycles. The molecular formula is C12H15FN4. The molecule has 1 N–H and O–H groups in total. The second kappa shape index (κ2) is 4.95. The predicted octanol–water partition coefficient (Wildman–Crippen LogP) is 2.36. The topological polar surface area (TPSA) is 42.7 Å². The normalized spacial score (nSPS) is 10.5. The quantitative estimate of drug-likeness (QED) is 0.883. The number of anilines is 1. The molecule has 5 heteroatoms. The van der Waals surface area contributed by atoms with Crippen LogP contribution in [0.25, 0.3) is 0 Å². The van der Waals surface area contributed by atoms with Gasteiger partial charge in [-0.2, -0.15) is 5.10 Å². The zero-order valence-electron chi connectivity index (χ0n) is 9.94. The van der Waals surface area contributed by atoms with Crippen LogP contribution in [0.5, 0.6) is 0 Å². The Labute approximate surface area is 99.5 Å². The molecule has 0 amide bonds. The summed E-state index contributed by atoms with van der Waals surface area (Å²) in [6.45, 7) is 5.18. The van der Waals surface area contributed by atoms with Gasteiger partial charge >= 0.3 is 0 Å². The number of rotatable bonds is 4. The van der Waals surface area contributed by atoms with E-state index in [0.29, 0.717) is 6.54 Å². The third-order valence-corrected chi connectivity index (χ3v) is 2.49. The van der Waals surface area contributed by atoms with Gasteiger partial charge in [-0.25, -0.2) is 14.1 Å². The van der Waals surface area contributed by atoms with Gasteiger partial charge in [-0.05, 0) is 37.6 Å². The largest absolute Gasteiger partial charge is 0.378 e. The molecule has 4 nitrogen and oxygen atoms in total. The average molecular weight is 234 g/mol. The number of aromatic nitrogens is 3. The number of halogens is 1. The van der Waals surface area contributed by atoms with Crippen molar-refractivity contribution in [2.75, 3.05) is 5.32 Å². The molecule has 0 saturated carbocycles. The first kappa shape index (κ1) is 11.6. The van der Waals surface area contributed by atoms with Gasteiger partial charge in [-0.3, -0.25) is 0 Å². The van der Waals surface area contributed by atoms with E-state index in [0.717, 1.165) is 23.6 Å². The third kappa shape index (κ3) is 2.81. The summed E-state index contributed by atoms with van der Waals surface area (Å²) in [6, 6.07) is 4.87. The van der Waals surface area contributed by atoms with Crippen molar-refractivity contribution in [2.24, 2.45) is 0 Å². The summed E-state index contributed by atoms with van der Waals surface area (Å²) in [6.07, 6.45) is 1.53. The first-order valence-electron chi connectivity index (χ1n) is 5.57. The summed E-state index contributed by atoms with van der Waals surface area (Å²) in [5.41, 5.74) is 1.65. The molecule has 0 atom stereocenters. The highest BCUT2D eigenvalue weighted by atomic mass is 19.1. The van der Waals surface area contributed by atoms with E-state index in [9.17, 15) is 4.39 Å². The fourth-order valence-electron chi connectivity index (χ4n) is 1.71. The lowest BCUT2D eigenvalue weighted by Gasteiger charge is -2.07. The van der Waals surface area contributed by atoms with Crippen LogP contribution < -0.4 is 5.32 Å². The van der Waals surface area contributed by atoms with Crippen molar-refractivity contribution in [1.29, 1.82) is 0 Å². The molecule has 90 valence electrons. The second-order valence-electron chi connectivity index (χ2n) is 3.86. The minimum Gasteiger partial charge on any atom is -0.378 e. The van der Waals surface area contributed by atoms with Crippen molar-refractivity contribution >= 4 is 5.69 Å². The molecule has 0 bridgehead atoms. The third-order valence-electron chi connectivity index (χ3n) is 2.49. The van der Waals surface area contributed by atoms with E-state index in [2.05, 4.69) is 15.4 Å². The molecule has 0 saturated heterocycles. The van der Waals surface area contributed by atoms with Crippen molar-refractivity contribution in [3.8, 4) is 0 Å². The van der Waals surface area contributed by atoms with E-state index in [1.165, 1.54) is 18.5 Å². The zero-order chi connectivity index (χ0) is 12.3. The highest BCUT2D eigenvalue weighted by molar-refractivity contribution is 5.45. The lowest BCUT2D eigenvalue weighted by Crippen LogP contribution is -2.09. The Balaban J connectivity index is 2.07. The summed E-state index contributed by atoms with van der Waals surface area (Å²) in [5.74, 6) is 0.610. The number of nitrogens with one attached hydrogen (secondary N) is 1. The van der Waals surface area contributed by atoms with Crippen LogP contribution in [-0.4, -0.2) is 14.8 Å². The number of aryl methyl sites for hydroxylation is 2. The molecular weight excluding hydrogens is 219 g/mol. The van der Waals surface area contributed by atoms with E-state index >= 15 is 0 Å². The smallest absolute Gasteiger partial charge is 0.146 e. The maximum atomic E-state index is 13.2. The monoisotopic (exact) mass is 234 g/mol. The first-order chi connectivity index (χ1) is 8.19. The summed E-state index contributed by atoms with van der Waals surface area (Å²) < 4.78 is 15.0. The zero-order valence-corrected chi connectivity index (χ0v) is 9.94.